The Kier molecular flexibility index (Phi) is 7.65. The number of carbonyl (C=O) groups is 1. The number of pyridine rings is 1. The molecule has 5 nitrogen and oxygen atoms in total. The molecular weight excluding hydrogens is 254 g/mol. The first-order valence-corrected chi connectivity index (χ1v) is 7.11. The van der Waals surface area contributed by atoms with Gasteiger partial charge in [0, 0.05) is 26.9 Å². The van der Waals surface area contributed by atoms with Crippen LogP contribution in [-0.4, -0.2) is 43.2 Å². The van der Waals surface area contributed by atoms with Gasteiger partial charge in [-0.1, -0.05) is 25.8 Å². The molecule has 0 saturated carbocycles. The molecule has 0 bridgehead atoms. The monoisotopic (exact) mass is 279 g/mol. The molecule has 1 atom stereocenters. The maximum atomic E-state index is 12.1. The van der Waals surface area contributed by atoms with Crippen LogP contribution in [0.15, 0.2) is 24.4 Å². The number of hydrogen-bond donors (Lipinski definition) is 1. The number of carbonyl (C=O) groups excluding carboxylic acids is 1. The molecule has 112 valence electrons. The van der Waals surface area contributed by atoms with Gasteiger partial charge in [-0.15, -0.1) is 0 Å². The number of aromatic nitrogens is 1. The molecule has 0 aliphatic carbocycles. The smallest absolute Gasteiger partial charge is 0.317 e. The third-order valence-corrected chi connectivity index (χ3v) is 3.20. The SMILES string of the molecule is CCCCCNC(=O)N(C)[C@H](COC)c1ccccn1. The number of hydrogen-bond acceptors (Lipinski definition) is 3. The molecule has 2 amide bonds. The Bertz CT molecular complexity index is 384. The van der Waals surface area contributed by atoms with Crippen LogP contribution in [0.3, 0.4) is 0 Å². The van der Waals surface area contributed by atoms with Gasteiger partial charge >= 0.3 is 6.03 Å². The van der Waals surface area contributed by atoms with Crippen LogP contribution >= 0.6 is 0 Å². The Morgan fingerprint density at radius 3 is 2.85 bits per heavy atom. The number of unbranched alkanes of at least 4 members (excludes halogenated alkanes) is 2. The number of amides is 2. The second-order valence-electron chi connectivity index (χ2n) is 4.78. The number of urea groups is 1. The van der Waals surface area contributed by atoms with E-state index < -0.39 is 0 Å². The van der Waals surface area contributed by atoms with Crippen molar-refractivity contribution in [2.75, 3.05) is 27.3 Å². The molecule has 5 heteroatoms. The summed E-state index contributed by atoms with van der Waals surface area (Å²) in [5.41, 5.74) is 0.834. The van der Waals surface area contributed by atoms with Crippen molar-refractivity contribution in [3.05, 3.63) is 30.1 Å². The van der Waals surface area contributed by atoms with E-state index in [1.165, 1.54) is 0 Å². The van der Waals surface area contributed by atoms with Gasteiger partial charge in [-0.25, -0.2) is 4.79 Å². The molecule has 0 spiro atoms. The van der Waals surface area contributed by atoms with Gasteiger partial charge in [-0.3, -0.25) is 4.98 Å². The van der Waals surface area contributed by atoms with E-state index >= 15 is 0 Å². The lowest BCUT2D eigenvalue weighted by molar-refractivity contribution is 0.114. The molecule has 1 aromatic heterocycles. The molecule has 1 aromatic rings. The van der Waals surface area contributed by atoms with Gasteiger partial charge in [-0.2, -0.15) is 0 Å². The summed E-state index contributed by atoms with van der Waals surface area (Å²) in [6.07, 6.45) is 5.01. The van der Waals surface area contributed by atoms with Crippen molar-refractivity contribution in [3.63, 3.8) is 0 Å². The minimum atomic E-state index is -0.174. The van der Waals surface area contributed by atoms with Crippen molar-refractivity contribution in [1.29, 1.82) is 0 Å². The minimum absolute atomic E-state index is 0.0891. The van der Waals surface area contributed by atoms with Crippen molar-refractivity contribution in [2.45, 2.75) is 32.2 Å². The lowest BCUT2D eigenvalue weighted by atomic mass is 10.2. The summed E-state index contributed by atoms with van der Waals surface area (Å²) in [6.45, 7) is 3.28. The normalized spacial score (nSPS) is 11.9. The first-order valence-electron chi connectivity index (χ1n) is 7.11. The van der Waals surface area contributed by atoms with Gasteiger partial charge in [0.15, 0.2) is 0 Å². The third-order valence-electron chi connectivity index (χ3n) is 3.20. The molecule has 0 fully saturated rings. The zero-order valence-electron chi connectivity index (χ0n) is 12.6. The van der Waals surface area contributed by atoms with Crippen LogP contribution in [0, 0.1) is 0 Å². The van der Waals surface area contributed by atoms with Crippen LogP contribution < -0.4 is 5.32 Å². The number of nitrogens with one attached hydrogen (secondary N) is 1. The number of likely N-dealkylation sites (N-methyl/N-ethyl adjacent to an activating group) is 1. The maximum absolute atomic E-state index is 12.1. The molecule has 0 radical (unpaired) electrons. The first kappa shape index (κ1) is 16.4. The zero-order chi connectivity index (χ0) is 14.8. The van der Waals surface area contributed by atoms with Crippen molar-refractivity contribution < 1.29 is 9.53 Å². The Morgan fingerprint density at radius 1 is 1.45 bits per heavy atom. The van der Waals surface area contributed by atoms with E-state index in [1.54, 1.807) is 25.3 Å². The maximum Gasteiger partial charge on any atom is 0.317 e. The van der Waals surface area contributed by atoms with Crippen LogP contribution in [0.1, 0.15) is 37.9 Å². The summed E-state index contributed by atoms with van der Waals surface area (Å²) >= 11 is 0. The van der Waals surface area contributed by atoms with E-state index in [9.17, 15) is 4.79 Å². The van der Waals surface area contributed by atoms with Gasteiger partial charge in [0.1, 0.15) is 0 Å². The molecule has 1 heterocycles. The molecule has 0 unspecified atom stereocenters. The summed E-state index contributed by atoms with van der Waals surface area (Å²) in [6, 6.07) is 5.42. The molecule has 1 N–H and O–H groups in total. The van der Waals surface area contributed by atoms with E-state index in [2.05, 4.69) is 17.2 Å². The quantitative estimate of drug-likeness (QED) is 0.744. The second kappa shape index (κ2) is 9.31. The van der Waals surface area contributed by atoms with Crippen LogP contribution in [0.25, 0.3) is 0 Å². The topological polar surface area (TPSA) is 54.5 Å². The third kappa shape index (κ3) is 5.17. The van der Waals surface area contributed by atoms with E-state index in [0.29, 0.717) is 13.2 Å². The number of ether oxygens (including phenoxy) is 1. The highest BCUT2D eigenvalue weighted by Crippen LogP contribution is 2.17. The standard InChI is InChI=1S/C15H25N3O2/c1-4-5-7-11-17-15(19)18(2)14(12-20-3)13-9-6-8-10-16-13/h6,8-10,14H,4-5,7,11-12H2,1-3H3,(H,17,19)/t14-/m1/s1. The fourth-order valence-electron chi connectivity index (χ4n) is 1.96. The lowest BCUT2D eigenvalue weighted by Gasteiger charge is -2.27. The molecule has 0 aromatic carbocycles. The van der Waals surface area contributed by atoms with Crippen LogP contribution in [-0.2, 0) is 4.74 Å². The number of rotatable bonds is 8. The number of methoxy groups -OCH3 is 1. The molecule has 1 rings (SSSR count). The molecule has 0 saturated heterocycles. The average Bonchev–Trinajstić information content (AvgIpc) is 2.49. The lowest BCUT2D eigenvalue weighted by Crippen LogP contribution is -2.41. The van der Waals surface area contributed by atoms with Crippen molar-refractivity contribution >= 4 is 6.03 Å². The Balaban J connectivity index is 2.59. The molecular formula is C15H25N3O2. The predicted octanol–water partition coefficient (Wildman–Crippen LogP) is 2.60. The van der Waals surface area contributed by atoms with Crippen LogP contribution in [0.4, 0.5) is 4.79 Å². The molecule has 0 aliphatic rings. The van der Waals surface area contributed by atoms with Gasteiger partial charge in [0.25, 0.3) is 0 Å². The molecule has 0 aliphatic heterocycles. The Hall–Kier alpha value is -1.62. The van der Waals surface area contributed by atoms with Crippen molar-refractivity contribution in [3.8, 4) is 0 Å². The number of nitrogens with zero attached hydrogens (tertiary/aromatic N) is 2. The summed E-state index contributed by atoms with van der Waals surface area (Å²) in [7, 11) is 3.40. The fraction of sp³-hybridized carbons (Fsp3) is 0.600. The largest absolute Gasteiger partial charge is 0.382 e. The van der Waals surface area contributed by atoms with E-state index in [4.69, 9.17) is 4.74 Å². The predicted molar refractivity (Wildman–Crippen MR) is 79.5 cm³/mol. The van der Waals surface area contributed by atoms with Gasteiger partial charge in [0.2, 0.25) is 0 Å². The highest BCUT2D eigenvalue weighted by atomic mass is 16.5. The van der Waals surface area contributed by atoms with Crippen molar-refractivity contribution in [2.24, 2.45) is 0 Å². The summed E-state index contributed by atoms with van der Waals surface area (Å²) in [4.78, 5) is 18.1. The van der Waals surface area contributed by atoms with E-state index in [1.807, 2.05) is 18.2 Å². The van der Waals surface area contributed by atoms with Gasteiger partial charge < -0.3 is 15.0 Å². The highest BCUT2D eigenvalue weighted by molar-refractivity contribution is 5.74. The Labute approximate surface area is 121 Å². The summed E-state index contributed by atoms with van der Waals surface area (Å²) < 4.78 is 5.21. The fourth-order valence-corrected chi connectivity index (χ4v) is 1.96. The first-order chi connectivity index (χ1) is 9.70. The van der Waals surface area contributed by atoms with Crippen LogP contribution in [0.2, 0.25) is 0 Å². The van der Waals surface area contributed by atoms with E-state index in [0.717, 1.165) is 25.0 Å². The average molecular weight is 279 g/mol. The van der Waals surface area contributed by atoms with Crippen molar-refractivity contribution in [1.82, 2.24) is 15.2 Å². The summed E-state index contributed by atoms with van der Waals surface area (Å²) in [5, 5.41) is 2.93. The molecule has 20 heavy (non-hydrogen) atoms. The highest BCUT2D eigenvalue weighted by Gasteiger charge is 2.22. The summed E-state index contributed by atoms with van der Waals surface area (Å²) in [5.74, 6) is 0. The van der Waals surface area contributed by atoms with Gasteiger partial charge in [0.05, 0.1) is 18.3 Å². The Morgan fingerprint density at radius 2 is 2.25 bits per heavy atom. The minimum Gasteiger partial charge on any atom is -0.382 e. The van der Waals surface area contributed by atoms with E-state index in [-0.39, 0.29) is 12.1 Å². The second-order valence-corrected chi connectivity index (χ2v) is 4.78. The van der Waals surface area contributed by atoms with Gasteiger partial charge in [-0.05, 0) is 18.6 Å². The zero-order valence-corrected chi connectivity index (χ0v) is 12.6. The van der Waals surface area contributed by atoms with Crippen LogP contribution in [0.5, 0.6) is 0 Å².